The Hall–Kier alpha value is -0.650. The maximum atomic E-state index is 11.9. The SMILES string of the molecule is CC1CN(C(C)(C)CNC(=O)C2(N)CC2)CC(C)O1. The smallest absolute Gasteiger partial charge is 0.240 e. The molecule has 1 heterocycles. The second kappa shape index (κ2) is 5.04. The molecule has 5 nitrogen and oxygen atoms in total. The minimum Gasteiger partial charge on any atom is -0.373 e. The normalized spacial score (nSPS) is 31.0. The monoisotopic (exact) mass is 269 g/mol. The summed E-state index contributed by atoms with van der Waals surface area (Å²) in [7, 11) is 0. The Morgan fingerprint density at radius 3 is 2.37 bits per heavy atom. The fourth-order valence-electron chi connectivity index (χ4n) is 2.62. The number of nitrogens with zero attached hydrogens (tertiary/aromatic N) is 1. The highest BCUT2D eigenvalue weighted by Crippen LogP contribution is 2.32. The molecule has 0 aromatic rings. The second-order valence-corrected chi connectivity index (χ2v) is 6.81. The predicted octanol–water partition coefficient (Wildman–Crippen LogP) is 0.482. The van der Waals surface area contributed by atoms with Crippen molar-refractivity contribution in [3.05, 3.63) is 0 Å². The molecule has 2 rings (SSSR count). The zero-order valence-electron chi connectivity index (χ0n) is 12.5. The van der Waals surface area contributed by atoms with Crippen LogP contribution in [0.3, 0.4) is 0 Å². The topological polar surface area (TPSA) is 67.6 Å². The quantitative estimate of drug-likeness (QED) is 0.779. The van der Waals surface area contributed by atoms with Crippen molar-refractivity contribution in [2.75, 3.05) is 19.6 Å². The number of nitrogens with one attached hydrogen (secondary N) is 1. The van der Waals surface area contributed by atoms with E-state index in [0.717, 1.165) is 25.9 Å². The van der Waals surface area contributed by atoms with Crippen LogP contribution in [0.15, 0.2) is 0 Å². The molecule has 2 aliphatic rings. The van der Waals surface area contributed by atoms with E-state index in [1.807, 2.05) is 0 Å². The van der Waals surface area contributed by atoms with E-state index in [1.54, 1.807) is 0 Å². The minimum atomic E-state index is -0.582. The van der Waals surface area contributed by atoms with Crippen molar-refractivity contribution >= 4 is 5.91 Å². The molecule has 0 bridgehead atoms. The fourth-order valence-corrected chi connectivity index (χ4v) is 2.62. The maximum Gasteiger partial charge on any atom is 0.240 e. The second-order valence-electron chi connectivity index (χ2n) is 6.81. The van der Waals surface area contributed by atoms with Crippen molar-refractivity contribution in [2.24, 2.45) is 5.73 Å². The lowest BCUT2D eigenvalue weighted by Crippen LogP contribution is -2.59. The molecule has 2 unspecified atom stereocenters. The highest BCUT2D eigenvalue weighted by molar-refractivity contribution is 5.89. The number of amides is 1. The van der Waals surface area contributed by atoms with Crippen LogP contribution in [0.5, 0.6) is 0 Å². The van der Waals surface area contributed by atoms with Gasteiger partial charge in [-0.1, -0.05) is 0 Å². The molecule has 2 atom stereocenters. The van der Waals surface area contributed by atoms with Gasteiger partial charge in [0, 0.05) is 25.2 Å². The van der Waals surface area contributed by atoms with Crippen LogP contribution in [-0.2, 0) is 9.53 Å². The van der Waals surface area contributed by atoms with Crippen LogP contribution in [0.1, 0.15) is 40.5 Å². The number of carbonyl (C=O) groups is 1. The van der Waals surface area contributed by atoms with Crippen molar-refractivity contribution in [3.63, 3.8) is 0 Å². The van der Waals surface area contributed by atoms with Gasteiger partial charge in [-0.2, -0.15) is 0 Å². The van der Waals surface area contributed by atoms with E-state index in [1.165, 1.54) is 0 Å². The van der Waals surface area contributed by atoms with Crippen molar-refractivity contribution in [3.8, 4) is 0 Å². The van der Waals surface area contributed by atoms with E-state index in [0.29, 0.717) is 6.54 Å². The number of carbonyl (C=O) groups excluding carboxylic acids is 1. The Bertz CT molecular complexity index is 343. The van der Waals surface area contributed by atoms with Gasteiger partial charge in [-0.05, 0) is 40.5 Å². The Kier molecular flexibility index (Phi) is 3.91. The molecule has 110 valence electrons. The Morgan fingerprint density at radius 1 is 1.37 bits per heavy atom. The van der Waals surface area contributed by atoms with Gasteiger partial charge in [0.2, 0.25) is 5.91 Å². The van der Waals surface area contributed by atoms with E-state index in [-0.39, 0.29) is 23.7 Å². The minimum absolute atomic E-state index is 0.00469. The molecule has 0 radical (unpaired) electrons. The van der Waals surface area contributed by atoms with E-state index in [9.17, 15) is 4.79 Å². The number of morpholine rings is 1. The zero-order chi connectivity index (χ0) is 14.3. The average Bonchev–Trinajstić information content (AvgIpc) is 3.04. The van der Waals surface area contributed by atoms with Gasteiger partial charge >= 0.3 is 0 Å². The fraction of sp³-hybridized carbons (Fsp3) is 0.929. The first-order valence-electron chi connectivity index (χ1n) is 7.21. The summed E-state index contributed by atoms with van der Waals surface area (Å²) in [5.74, 6) is -0.00469. The maximum absolute atomic E-state index is 11.9. The summed E-state index contributed by atoms with van der Waals surface area (Å²) in [5.41, 5.74) is 5.24. The molecule has 5 heteroatoms. The third kappa shape index (κ3) is 3.46. The van der Waals surface area contributed by atoms with Gasteiger partial charge in [0.25, 0.3) is 0 Å². The largest absolute Gasteiger partial charge is 0.373 e. The van der Waals surface area contributed by atoms with Crippen LogP contribution in [0, 0.1) is 0 Å². The van der Waals surface area contributed by atoms with Crippen molar-refractivity contribution < 1.29 is 9.53 Å². The standard InChI is InChI=1S/C14H27N3O2/c1-10-7-17(8-11(2)19-10)13(3,4)9-16-12(18)14(15)5-6-14/h10-11H,5-9,15H2,1-4H3,(H,16,18). The highest BCUT2D eigenvalue weighted by Gasteiger charge is 2.46. The predicted molar refractivity (Wildman–Crippen MR) is 74.8 cm³/mol. The average molecular weight is 269 g/mol. The molecule has 0 aromatic carbocycles. The number of hydrogen-bond acceptors (Lipinski definition) is 4. The van der Waals surface area contributed by atoms with Crippen LogP contribution in [0.4, 0.5) is 0 Å². The first-order valence-corrected chi connectivity index (χ1v) is 7.21. The first kappa shape index (κ1) is 14.8. The van der Waals surface area contributed by atoms with Crippen molar-refractivity contribution in [1.29, 1.82) is 0 Å². The molecular weight excluding hydrogens is 242 g/mol. The third-order valence-electron chi connectivity index (χ3n) is 4.20. The zero-order valence-corrected chi connectivity index (χ0v) is 12.5. The van der Waals surface area contributed by atoms with Gasteiger partial charge in [-0.25, -0.2) is 0 Å². The van der Waals surface area contributed by atoms with E-state index in [2.05, 4.69) is 37.9 Å². The van der Waals surface area contributed by atoms with Gasteiger partial charge in [-0.3, -0.25) is 9.69 Å². The van der Waals surface area contributed by atoms with Crippen LogP contribution >= 0.6 is 0 Å². The third-order valence-corrected chi connectivity index (χ3v) is 4.20. The number of hydrogen-bond donors (Lipinski definition) is 2. The molecule has 1 aliphatic carbocycles. The first-order chi connectivity index (χ1) is 8.73. The van der Waals surface area contributed by atoms with E-state index in [4.69, 9.17) is 10.5 Å². The van der Waals surface area contributed by atoms with Crippen LogP contribution in [0.25, 0.3) is 0 Å². The molecule has 1 saturated carbocycles. The summed E-state index contributed by atoms with van der Waals surface area (Å²) in [5, 5.41) is 3.01. The van der Waals surface area contributed by atoms with Crippen molar-refractivity contribution in [1.82, 2.24) is 10.2 Å². The molecule has 1 aliphatic heterocycles. The molecule has 2 fully saturated rings. The molecule has 0 spiro atoms. The lowest BCUT2D eigenvalue weighted by Gasteiger charge is -2.45. The summed E-state index contributed by atoms with van der Waals surface area (Å²) in [4.78, 5) is 14.3. The molecule has 3 N–H and O–H groups in total. The van der Waals surface area contributed by atoms with Gasteiger partial charge in [0.05, 0.1) is 17.7 Å². The summed E-state index contributed by atoms with van der Waals surface area (Å²) in [6.07, 6.45) is 2.10. The van der Waals surface area contributed by atoms with Gasteiger partial charge in [-0.15, -0.1) is 0 Å². The molecular formula is C14H27N3O2. The van der Waals surface area contributed by atoms with Gasteiger partial charge in [0.1, 0.15) is 0 Å². The summed E-state index contributed by atoms with van der Waals surface area (Å²) in [6.45, 7) is 10.9. The van der Waals surface area contributed by atoms with Crippen molar-refractivity contribution in [2.45, 2.75) is 63.8 Å². The molecule has 0 aromatic heterocycles. The molecule has 1 saturated heterocycles. The number of rotatable bonds is 4. The van der Waals surface area contributed by atoms with Crippen LogP contribution in [-0.4, -0.2) is 53.7 Å². The number of nitrogens with two attached hydrogens (primary N) is 1. The highest BCUT2D eigenvalue weighted by atomic mass is 16.5. The lowest BCUT2D eigenvalue weighted by molar-refractivity contribution is -0.125. The van der Waals surface area contributed by atoms with Crippen LogP contribution < -0.4 is 11.1 Å². The summed E-state index contributed by atoms with van der Waals surface area (Å²) >= 11 is 0. The number of ether oxygens (including phenoxy) is 1. The van der Waals surface area contributed by atoms with Gasteiger partial charge < -0.3 is 15.8 Å². The van der Waals surface area contributed by atoms with E-state index < -0.39 is 5.54 Å². The lowest BCUT2D eigenvalue weighted by atomic mass is 10.00. The summed E-state index contributed by atoms with van der Waals surface area (Å²) < 4.78 is 5.75. The summed E-state index contributed by atoms with van der Waals surface area (Å²) in [6, 6.07) is 0. The van der Waals surface area contributed by atoms with E-state index >= 15 is 0 Å². The molecule has 1 amide bonds. The van der Waals surface area contributed by atoms with Crippen LogP contribution in [0.2, 0.25) is 0 Å². The Balaban J connectivity index is 1.88. The Labute approximate surface area is 115 Å². The molecule has 19 heavy (non-hydrogen) atoms. The van der Waals surface area contributed by atoms with Gasteiger partial charge in [0.15, 0.2) is 0 Å². The Morgan fingerprint density at radius 2 is 1.89 bits per heavy atom.